The zero-order valence-corrected chi connectivity index (χ0v) is 9.58. The summed E-state index contributed by atoms with van der Waals surface area (Å²) in [6.07, 6.45) is 3.08. The van der Waals surface area contributed by atoms with Crippen molar-refractivity contribution in [2.24, 2.45) is 13.0 Å². The van der Waals surface area contributed by atoms with Crippen LogP contribution in [0.15, 0.2) is 12.5 Å². The van der Waals surface area contributed by atoms with Gasteiger partial charge in [-0.2, -0.15) is 5.10 Å². The molecule has 0 aliphatic carbocycles. The van der Waals surface area contributed by atoms with Crippen LogP contribution in [0.3, 0.4) is 0 Å². The highest BCUT2D eigenvalue weighted by Crippen LogP contribution is 2.17. The molecule has 7 heteroatoms. The molecular formula is C10H13N5O2. The summed E-state index contributed by atoms with van der Waals surface area (Å²) in [5.41, 5.74) is 0.713. The Balaban J connectivity index is 2.21. The zero-order valence-electron chi connectivity index (χ0n) is 9.58. The molecule has 7 nitrogen and oxygen atoms in total. The van der Waals surface area contributed by atoms with Gasteiger partial charge < -0.3 is 10.4 Å². The summed E-state index contributed by atoms with van der Waals surface area (Å²) in [5, 5.41) is 16.6. The summed E-state index contributed by atoms with van der Waals surface area (Å²) >= 11 is 0. The Labute approximate surface area is 97.5 Å². The number of aliphatic carboxylic acids is 1. The van der Waals surface area contributed by atoms with Crippen molar-refractivity contribution in [3.8, 4) is 0 Å². The van der Waals surface area contributed by atoms with Crippen molar-refractivity contribution < 1.29 is 9.90 Å². The third kappa shape index (κ3) is 2.17. The first-order valence-corrected chi connectivity index (χ1v) is 5.19. The van der Waals surface area contributed by atoms with E-state index in [0.717, 1.165) is 5.39 Å². The molecule has 0 aliphatic rings. The molecule has 2 rings (SSSR count). The number of aryl methyl sites for hydroxylation is 1. The van der Waals surface area contributed by atoms with Gasteiger partial charge in [-0.25, -0.2) is 9.97 Å². The fraction of sp³-hybridized carbons (Fsp3) is 0.400. The summed E-state index contributed by atoms with van der Waals surface area (Å²) in [6, 6.07) is 0. The van der Waals surface area contributed by atoms with E-state index >= 15 is 0 Å². The molecule has 0 aromatic carbocycles. The van der Waals surface area contributed by atoms with E-state index in [4.69, 9.17) is 5.11 Å². The zero-order chi connectivity index (χ0) is 12.4. The van der Waals surface area contributed by atoms with Gasteiger partial charge in [-0.1, -0.05) is 6.92 Å². The number of anilines is 1. The van der Waals surface area contributed by atoms with Gasteiger partial charge in [-0.15, -0.1) is 0 Å². The van der Waals surface area contributed by atoms with E-state index in [1.165, 1.54) is 6.33 Å². The number of hydrogen-bond acceptors (Lipinski definition) is 5. The second kappa shape index (κ2) is 4.36. The molecule has 0 amide bonds. The van der Waals surface area contributed by atoms with Crippen LogP contribution in [0.4, 0.5) is 5.82 Å². The Kier molecular flexibility index (Phi) is 2.90. The normalized spacial score (nSPS) is 12.6. The number of hydrogen-bond donors (Lipinski definition) is 2. The summed E-state index contributed by atoms with van der Waals surface area (Å²) in [5.74, 6) is -0.707. The molecule has 0 saturated carbocycles. The molecule has 1 unspecified atom stereocenters. The standard InChI is InChI=1S/C10H13N5O2/c1-6(10(16)17)3-11-8-7-4-14-15(2)9(7)13-5-12-8/h4-6H,3H2,1-2H3,(H,16,17)(H,11,12,13). The number of carboxylic acid groups (broad SMARTS) is 1. The second-order valence-electron chi connectivity index (χ2n) is 3.85. The Morgan fingerprint density at radius 3 is 3.06 bits per heavy atom. The first-order valence-electron chi connectivity index (χ1n) is 5.19. The predicted molar refractivity (Wildman–Crippen MR) is 61.6 cm³/mol. The monoisotopic (exact) mass is 235 g/mol. The van der Waals surface area contributed by atoms with E-state index in [9.17, 15) is 4.79 Å². The van der Waals surface area contributed by atoms with Crippen LogP contribution >= 0.6 is 0 Å². The maximum atomic E-state index is 10.7. The van der Waals surface area contributed by atoms with Crippen molar-refractivity contribution in [2.75, 3.05) is 11.9 Å². The molecule has 0 saturated heterocycles. The van der Waals surface area contributed by atoms with Crippen LogP contribution < -0.4 is 5.32 Å². The Hall–Kier alpha value is -2.18. The van der Waals surface area contributed by atoms with Gasteiger partial charge in [0, 0.05) is 13.6 Å². The SMILES string of the molecule is CC(CNc1ncnc2c1cnn2C)C(=O)O. The molecule has 17 heavy (non-hydrogen) atoms. The van der Waals surface area contributed by atoms with E-state index in [0.29, 0.717) is 18.0 Å². The van der Waals surface area contributed by atoms with Crippen molar-refractivity contribution in [1.29, 1.82) is 0 Å². The van der Waals surface area contributed by atoms with Crippen LogP contribution in [0.1, 0.15) is 6.92 Å². The van der Waals surface area contributed by atoms with Gasteiger partial charge in [0.05, 0.1) is 17.5 Å². The highest BCUT2D eigenvalue weighted by atomic mass is 16.4. The van der Waals surface area contributed by atoms with Crippen LogP contribution in [0, 0.1) is 5.92 Å². The first kappa shape index (κ1) is 11.3. The maximum absolute atomic E-state index is 10.7. The number of carbonyl (C=O) groups is 1. The average molecular weight is 235 g/mol. The van der Waals surface area contributed by atoms with E-state index in [2.05, 4.69) is 20.4 Å². The molecule has 2 N–H and O–H groups in total. The quantitative estimate of drug-likeness (QED) is 0.801. The van der Waals surface area contributed by atoms with Crippen LogP contribution in [0.2, 0.25) is 0 Å². The van der Waals surface area contributed by atoms with Gasteiger partial charge in [0.1, 0.15) is 12.1 Å². The number of nitrogens with zero attached hydrogens (tertiary/aromatic N) is 4. The van der Waals surface area contributed by atoms with Crippen LogP contribution in [0.25, 0.3) is 11.0 Å². The third-order valence-corrected chi connectivity index (χ3v) is 2.53. The number of nitrogens with one attached hydrogen (secondary N) is 1. The lowest BCUT2D eigenvalue weighted by atomic mass is 10.2. The fourth-order valence-electron chi connectivity index (χ4n) is 1.44. The molecule has 0 radical (unpaired) electrons. The van der Waals surface area contributed by atoms with Crippen LogP contribution in [-0.4, -0.2) is 37.4 Å². The van der Waals surface area contributed by atoms with Gasteiger partial charge >= 0.3 is 5.97 Å². The van der Waals surface area contributed by atoms with Crippen LogP contribution in [-0.2, 0) is 11.8 Å². The smallest absolute Gasteiger partial charge is 0.308 e. The predicted octanol–water partition coefficient (Wildman–Crippen LogP) is 0.496. The first-order chi connectivity index (χ1) is 8.09. The van der Waals surface area contributed by atoms with Crippen molar-refractivity contribution in [1.82, 2.24) is 19.7 Å². The molecule has 2 aromatic heterocycles. The maximum Gasteiger partial charge on any atom is 0.308 e. The highest BCUT2D eigenvalue weighted by molar-refractivity contribution is 5.86. The van der Waals surface area contributed by atoms with Crippen LogP contribution in [0.5, 0.6) is 0 Å². The fourth-order valence-corrected chi connectivity index (χ4v) is 1.44. The molecule has 2 aromatic rings. The minimum Gasteiger partial charge on any atom is -0.481 e. The second-order valence-corrected chi connectivity index (χ2v) is 3.85. The molecular weight excluding hydrogens is 222 g/mol. The van der Waals surface area contributed by atoms with E-state index in [1.54, 1.807) is 24.9 Å². The van der Waals surface area contributed by atoms with Gasteiger partial charge in [0.2, 0.25) is 0 Å². The molecule has 2 heterocycles. The van der Waals surface area contributed by atoms with Gasteiger partial charge in [-0.05, 0) is 0 Å². The third-order valence-electron chi connectivity index (χ3n) is 2.53. The molecule has 0 aliphatic heterocycles. The summed E-state index contributed by atoms with van der Waals surface area (Å²) in [6.45, 7) is 1.95. The lowest BCUT2D eigenvalue weighted by Crippen LogP contribution is -2.20. The molecule has 1 atom stereocenters. The number of carboxylic acids is 1. The number of fused-ring (bicyclic) bond motifs is 1. The molecule has 0 spiro atoms. The van der Waals surface area contributed by atoms with E-state index in [1.807, 2.05) is 0 Å². The largest absolute Gasteiger partial charge is 0.481 e. The van der Waals surface area contributed by atoms with Crippen molar-refractivity contribution in [3.05, 3.63) is 12.5 Å². The lowest BCUT2D eigenvalue weighted by Gasteiger charge is -2.09. The lowest BCUT2D eigenvalue weighted by molar-refractivity contribution is -0.140. The van der Waals surface area contributed by atoms with Gasteiger partial charge in [-0.3, -0.25) is 9.48 Å². The van der Waals surface area contributed by atoms with E-state index < -0.39 is 11.9 Å². The summed E-state index contributed by atoms with van der Waals surface area (Å²) < 4.78 is 1.64. The summed E-state index contributed by atoms with van der Waals surface area (Å²) in [7, 11) is 1.79. The van der Waals surface area contributed by atoms with Gasteiger partial charge in [0.25, 0.3) is 0 Å². The molecule has 0 fully saturated rings. The Morgan fingerprint density at radius 1 is 1.59 bits per heavy atom. The van der Waals surface area contributed by atoms with Crippen molar-refractivity contribution >= 4 is 22.8 Å². The topological polar surface area (TPSA) is 92.9 Å². The highest BCUT2D eigenvalue weighted by Gasteiger charge is 2.12. The Bertz CT molecular complexity index is 551. The average Bonchev–Trinajstić information content (AvgIpc) is 2.69. The van der Waals surface area contributed by atoms with E-state index in [-0.39, 0.29) is 0 Å². The minimum absolute atomic E-state index is 0.316. The van der Waals surface area contributed by atoms with Gasteiger partial charge in [0.15, 0.2) is 5.65 Å². The van der Waals surface area contributed by atoms with Crippen molar-refractivity contribution in [2.45, 2.75) is 6.92 Å². The molecule has 0 bridgehead atoms. The molecule has 90 valence electrons. The Morgan fingerprint density at radius 2 is 2.35 bits per heavy atom. The number of aromatic nitrogens is 4. The van der Waals surface area contributed by atoms with Crippen molar-refractivity contribution in [3.63, 3.8) is 0 Å². The number of rotatable bonds is 4. The summed E-state index contributed by atoms with van der Waals surface area (Å²) in [4.78, 5) is 18.9. The minimum atomic E-state index is -0.839.